The molecule has 0 bridgehead atoms. The zero-order valence-corrected chi connectivity index (χ0v) is 15.4. The number of carbonyl (C=O) groups excluding carboxylic acids is 1. The lowest BCUT2D eigenvalue weighted by Gasteiger charge is -2.10. The van der Waals surface area contributed by atoms with Crippen molar-refractivity contribution in [2.45, 2.75) is 6.18 Å². The summed E-state index contributed by atoms with van der Waals surface area (Å²) >= 11 is 0. The quantitative estimate of drug-likeness (QED) is 0.491. The maximum absolute atomic E-state index is 12.7. The number of ether oxygens (including phenoxy) is 2. The molecule has 0 fully saturated rings. The number of methoxy groups -OCH3 is 1. The molecule has 29 heavy (non-hydrogen) atoms. The maximum atomic E-state index is 12.7. The first-order chi connectivity index (χ1) is 13.9. The zero-order chi connectivity index (χ0) is 20.9. The Morgan fingerprint density at radius 3 is 2.66 bits per heavy atom. The van der Waals surface area contributed by atoms with Crippen LogP contribution in [0.1, 0.15) is 11.1 Å². The van der Waals surface area contributed by atoms with Gasteiger partial charge in [0.2, 0.25) is 0 Å². The summed E-state index contributed by atoms with van der Waals surface area (Å²) in [7, 11) is 1.53. The summed E-state index contributed by atoms with van der Waals surface area (Å²) in [6, 6.07) is 15.6. The van der Waals surface area contributed by atoms with Gasteiger partial charge in [0.25, 0.3) is 5.91 Å². The van der Waals surface area contributed by atoms with Crippen molar-refractivity contribution in [3.05, 3.63) is 71.8 Å². The van der Waals surface area contributed by atoms with E-state index < -0.39 is 24.3 Å². The van der Waals surface area contributed by atoms with E-state index in [1.807, 2.05) is 30.3 Å². The highest BCUT2D eigenvalue weighted by Gasteiger charge is 2.30. The largest absolute Gasteiger partial charge is 0.496 e. The van der Waals surface area contributed by atoms with Gasteiger partial charge in [0.15, 0.2) is 6.61 Å². The number of hydrogen-bond donors (Lipinski definition) is 1. The molecule has 0 heterocycles. The summed E-state index contributed by atoms with van der Waals surface area (Å²) in [4.78, 5) is 11.9. The fourth-order valence-electron chi connectivity index (χ4n) is 2.70. The Morgan fingerprint density at radius 1 is 1.10 bits per heavy atom. The molecular weight excluding hydrogens is 385 g/mol. The Hall–Kier alpha value is -3.55. The zero-order valence-electron chi connectivity index (χ0n) is 15.4. The molecule has 5 nitrogen and oxygen atoms in total. The molecule has 0 saturated heterocycles. The number of halogens is 3. The van der Waals surface area contributed by atoms with E-state index in [1.165, 1.54) is 25.5 Å². The fourth-order valence-corrected chi connectivity index (χ4v) is 2.70. The Labute approximate surface area is 164 Å². The molecule has 0 aromatic heterocycles. The summed E-state index contributed by atoms with van der Waals surface area (Å²) in [5, 5.41) is 5.78. The second-order valence-corrected chi connectivity index (χ2v) is 6.01. The Balaban J connectivity index is 1.64. The van der Waals surface area contributed by atoms with Crippen LogP contribution in [0.25, 0.3) is 10.8 Å². The van der Waals surface area contributed by atoms with Gasteiger partial charge in [-0.25, -0.2) is 5.43 Å². The van der Waals surface area contributed by atoms with E-state index in [1.54, 1.807) is 6.07 Å². The van der Waals surface area contributed by atoms with E-state index in [2.05, 4.69) is 10.5 Å². The smallest absolute Gasteiger partial charge is 0.416 e. The van der Waals surface area contributed by atoms with Gasteiger partial charge in [0.05, 0.1) is 18.9 Å². The van der Waals surface area contributed by atoms with Crippen molar-refractivity contribution in [1.29, 1.82) is 0 Å². The summed E-state index contributed by atoms with van der Waals surface area (Å²) in [6.07, 6.45) is -3.03. The summed E-state index contributed by atoms with van der Waals surface area (Å²) in [5.74, 6) is -0.0885. The maximum Gasteiger partial charge on any atom is 0.416 e. The molecule has 150 valence electrons. The van der Waals surface area contributed by atoms with E-state index in [0.29, 0.717) is 11.3 Å². The number of fused-ring (bicyclic) bond motifs is 1. The molecule has 0 unspecified atom stereocenters. The van der Waals surface area contributed by atoms with Crippen molar-refractivity contribution in [3.63, 3.8) is 0 Å². The van der Waals surface area contributed by atoms with Gasteiger partial charge in [-0.1, -0.05) is 36.4 Å². The van der Waals surface area contributed by atoms with Gasteiger partial charge in [-0.15, -0.1) is 0 Å². The molecule has 0 spiro atoms. The van der Waals surface area contributed by atoms with Crippen LogP contribution in [0.4, 0.5) is 13.2 Å². The number of alkyl halides is 3. The Morgan fingerprint density at radius 2 is 1.90 bits per heavy atom. The predicted octanol–water partition coefficient (Wildman–Crippen LogP) is 4.40. The van der Waals surface area contributed by atoms with Crippen LogP contribution in [-0.2, 0) is 11.0 Å². The van der Waals surface area contributed by atoms with Gasteiger partial charge < -0.3 is 9.47 Å². The lowest BCUT2D eigenvalue weighted by molar-refractivity contribution is -0.137. The lowest BCUT2D eigenvalue weighted by atomic mass is 10.0. The van der Waals surface area contributed by atoms with Crippen LogP contribution in [0.3, 0.4) is 0 Å². The van der Waals surface area contributed by atoms with Gasteiger partial charge in [-0.3, -0.25) is 4.79 Å². The number of hydrazone groups is 1. The number of carbonyl (C=O) groups is 1. The van der Waals surface area contributed by atoms with Gasteiger partial charge >= 0.3 is 6.18 Å². The monoisotopic (exact) mass is 402 g/mol. The van der Waals surface area contributed by atoms with Crippen molar-refractivity contribution < 1.29 is 27.4 Å². The van der Waals surface area contributed by atoms with Crippen molar-refractivity contribution in [3.8, 4) is 11.5 Å². The average molecular weight is 402 g/mol. The molecule has 1 N–H and O–H groups in total. The minimum Gasteiger partial charge on any atom is -0.496 e. The first kappa shape index (κ1) is 20.2. The third kappa shape index (κ3) is 5.04. The number of nitrogens with one attached hydrogen (secondary N) is 1. The lowest BCUT2D eigenvalue weighted by Crippen LogP contribution is -2.24. The molecule has 0 aliphatic carbocycles. The van der Waals surface area contributed by atoms with Gasteiger partial charge in [0.1, 0.15) is 11.5 Å². The summed E-state index contributed by atoms with van der Waals surface area (Å²) < 4.78 is 48.6. The molecule has 3 aromatic rings. The topological polar surface area (TPSA) is 59.9 Å². The van der Waals surface area contributed by atoms with E-state index >= 15 is 0 Å². The van der Waals surface area contributed by atoms with E-state index in [-0.39, 0.29) is 5.75 Å². The van der Waals surface area contributed by atoms with Crippen LogP contribution in [0.5, 0.6) is 11.5 Å². The normalized spacial score (nSPS) is 11.6. The molecule has 3 aromatic carbocycles. The number of amides is 1. The second-order valence-electron chi connectivity index (χ2n) is 6.01. The number of benzene rings is 3. The van der Waals surface area contributed by atoms with Crippen LogP contribution in [0.2, 0.25) is 0 Å². The van der Waals surface area contributed by atoms with Gasteiger partial charge in [-0.2, -0.15) is 18.3 Å². The molecule has 0 atom stereocenters. The highest BCUT2D eigenvalue weighted by atomic mass is 19.4. The Kier molecular flexibility index (Phi) is 6.01. The predicted molar refractivity (Wildman–Crippen MR) is 103 cm³/mol. The van der Waals surface area contributed by atoms with Gasteiger partial charge in [0, 0.05) is 5.56 Å². The molecule has 0 aliphatic rings. The Bertz CT molecular complexity index is 1050. The van der Waals surface area contributed by atoms with Crippen molar-refractivity contribution >= 4 is 22.9 Å². The second kappa shape index (κ2) is 8.64. The standard InChI is InChI=1S/C21H17F3N2O3/c1-28-19-10-9-14-5-2-3-8-17(14)18(19)12-25-26-20(27)13-29-16-7-4-6-15(11-16)21(22,23)24/h2-12H,13H2,1H3,(H,26,27)/b25-12+. The molecule has 8 heteroatoms. The highest BCUT2D eigenvalue weighted by molar-refractivity contribution is 6.02. The number of rotatable bonds is 6. The summed E-state index contributed by atoms with van der Waals surface area (Å²) in [6.45, 7) is -0.481. The van der Waals surface area contributed by atoms with Crippen LogP contribution in [0.15, 0.2) is 65.8 Å². The highest BCUT2D eigenvalue weighted by Crippen LogP contribution is 2.31. The minimum absolute atomic E-state index is 0.0605. The SMILES string of the molecule is COc1ccc2ccccc2c1/C=N/NC(=O)COc1cccc(C(F)(F)F)c1. The van der Waals surface area contributed by atoms with E-state index in [9.17, 15) is 18.0 Å². The van der Waals surface area contributed by atoms with Crippen molar-refractivity contribution in [2.24, 2.45) is 5.10 Å². The third-order valence-corrected chi connectivity index (χ3v) is 4.06. The first-order valence-corrected chi connectivity index (χ1v) is 8.56. The van der Waals surface area contributed by atoms with Crippen LogP contribution < -0.4 is 14.9 Å². The van der Waals surface area contributed by atoms with Gasteiger partial charge in [-0.05, 0) is 35.0 Å². The van der Waals surface area contributed by atoms with E-state index in [4.69, 9.17) is 9.47 Å². The van der Waals surface area contributed by atoms with Crippen LogP contribution in [-0.4, -0.2) is 25.8 Å². The average Bonchev–Trinajstić information content (AvgIpc) is 2.72. The van der Waals surface area contributed by atoms with E-state index in [0.717, 1.165) is 22.9 Å². The third-order valence-electron chi connectivity index (χ3n) is 4.06. The first-order valence-electron chi connectivity index (χ1n) is 8.56. The molecule has 0 radical (unpaired) electrons. The molecular formula is C21H17F3N2O3. The molecule has 1 amide bonds. The number of hydrogen-bond acceptors (Lipinski definition) is 4. The number of nitrogens with zero attached hydrogens (tertiary/aromatic N) is 1. The minimum atomic E-state index is -4.48. The van der Waals surface area contributed by atoms with Crippen LogP contribution >= 0.6 is 0 Å². The molecule has 0 saturated carbocycles. The molecule has 0 aliphatic heterocycles. The van der Waals surface area contributed by atoms with Crippen molar-refractivity contribution in [2.75, 3.05) is 13.7 Å². The molecule has 3 rings (SSSR count). The van der Waals surface area contributed by atoms with Crippen LogP contribution in [0, 0.1) is 0 Å². The fraction of sp³-hybridized carbons (Fsp3) is 0.143. The van der Waals surface area contributed by atoms with Crippen molar-refractivity contribution in [1.82, 2.24) is 5.43 Å². The summed E-state index contributed by atoms with van der Waals surface area (Å²) in [5.41, 5.74) is 2.12.